The highest BCUT2D eigenvalue weighted by Gasteiger charge is 2.25. The second kappa shape index (κ2) is 14.1. The van der Waals surface area contributed by atoms with E-state index in [0.717, 1.165) is 0 Å². The summed E-state index contributed by atoms with van der Waals surface area (Å²) in [4.78, 5) is 73.6. The van der Waals surface area contributed by atoms with Gasteiger partial charge in [0, 0.05) is 49.8 Å². The van der Waals surface area contributed by atoms with E-state index in [-0.39, 0.29) is 78.1 Å². The molecule has 0 bridgehead atoms. The number of hydrogen-bond donors (Lipinski definition) is 1. The Hall–Kier alpha value is -5.00. The zero-order valence-corrected chi connectivity index (χ0v) is 23.6. The highest BCUT2D eigenvalue weighted by atomic mass is 16.6. The van der Waals surface area contributed by atoms with Gasteiger partial charge < -0.3 is 28.5 Å². The molecule has 0 saturated heterocycles. The van der Waals surface area contributed by atoms with Gasteiger partial charge in [-0.05, 0) is 18.1 Å². The predicted octanol–water partition coefficient (Wildman–Crippen LogP) is 4.74. The molecule has 0 radical (unpaired) electrons. The number of carboxylic acids is 1. The third-order valence-corrected chi connectivity index (χ3v) is 5.88. The Morgan fingerprint density at radius 2 is 1.31 bits per heavy atom. The number of benzene rings is 2. The van der Waals surface area contributed by atoms with Crippen molar-refractivity contribution in [2.24, 2.45) is 0 Å². The van der Waals surface area contributed by atoms with Gasteiger partial charge in [0.15, 0.2) is 5.76 Å². The van der Waals surface area contributed by atoms with E-state index in [0.29, 0.717) is 5.56 Å². The number of carbonyl (C=O) groups excluding carboxylic acids is 4. The Labute approximate surface area is 240 Å². The molecule has 0 amide bonds. The molecule has 3 rings (SSSR count). The summed E-state index contributed by atoms with van der Waals surface area (Å²) in [7, 11) is 0. The Balaban J connectivity index is 2.35. The average Bonchev–Trinajstić information content (AvgIpc) is 2.96. The third-order valence-electron chi connectivity index (χ3n) is 5.88. The lowest BCUT2D eigenvalue weighted by Crippen LogP contribution is -2.17. The van der Waals surface area contributed by atoms with E-state index in [1.807, 2.05) is 0 Å². The minimum atomic E-state index is -1.06. The van der Waals surface area contributed by atoms with Gasteiger partial charge in [-0.3, -0.25) is 28.8 Å². The fraction of sp³-hybridized carbons (Fsp3) is 0.333. The van der Waals surface area contributed by atoms with E-state index >= 15 is 0 Å². The van der Waals surface area contributed by atoms with Crippen LogP contribution in [-0.2, 0) is 30.4 Å². The number of aliphatic carboxylic acids is 1. The van der Waals surface area contributed by atoms with Crippen LogP contribution in [0.3, 0.4) is 0 Å². The van der Waals surface area contributed by atoms with E-state index in [1.165, 1.54) is 37.3 Å². The van der Waals surface area contributed by atoms with Crippen LogP contribution < -0.4 is 24.4 Å². The average molecular weight is 583 g/mol. The summed E-state index contributed by atoms with van der Waals surface area (Å²) in [6.07, 6.45) is -0.246. The Kier molecular flexibility index (Phi) is 10.6. The molecule has 0 spiro atoms. The van der Waals surface area contributed by atoms with Crippen LogP contribution in [0.2, 0.25) is 0 Å². The number of carboxylic acid groups (broad SMARTS) is 1. The summed E-state index contributed by atoms with van der Waals surface area (Å²) in [5.41, 5.74) is -0.467. The minimum absolute atomic E-state index is 0.0271. The molecule has 42 heavy (non-hydrogen) atoms. The van der Waals surface area contributed by atoms with Crippen molar-refractivity contribution in [1.82, 2.24) is 0 Å². The standard InChI is InChI=1S/C30H30O12/c1-5-23(33)38-18-14-20(40-25(35)7-3)27-21(15-18)41-29(30(28(27)37)42-26(36)8-4)17-10-9-16(11-12-22(31)32)19(13-17)39-24(34)6-2/h9-10,13-15H,5-8,11-12H2,1-4H3,(H,31,32). The van der Waals surface area contributed by atoms with Crippen molar-refractivity contribution in [3.05, 3.63) is 46.1 Å². The molecule has 3 aromatic rings. The summed E-state index contributed by atoms with van der Waals surface area (Å²) < 4.78 is 27.5. The molecular weight excluding hydrogens is 552 g/mol. The minimum Gasteiger partial charge on any atom is -0.481 e. The predicted molar refractivity (Wildman–Crippen MR) is 148 cm³/mol. The molecule has 0 aliphatic rings. The lowest BCUT2D eigenvalue weighted by molar-refractivity contribution is -0.137. The molecular formula is C30H30O12. The van der Waals surface area contributed by atoms with Crippen LogP contribution in [0.25, 0.3) is 22.3 Å². The number of aryl methyl sites for hydroxylation is 1. The number of esters is 4. The molecule has 1 aromatic heterocycles. The molecule has 0 saturated carbocycles. The summed E-state index contributed by atoms with van der Waals surface area (Å²) >= 11 is 0. The SMILES string of the molecule is CCC(=O)Oc1cc(OC(=O)CC)c2c(=O)c(OC(=O)CC)c(-c3ccc(CCC(=O)O)c(OC(=O)CC)c3)oc2c1. The van der Waals surface area contributed by atoms with Crippen LogP contribution in [0.4, 0.5) is 0 Å². The zero-order chi connectivity index (χ0) is 31.0. The van der Waals surface area contributed by atoms with Crippen LogP contribution >= 0.6 is 0 Å². The van der Waals surface area contributed by atoms with Gasteiger partial charge in [0.25, 0.3) is 0 Å². The number of fused-ring (bicyclic) bond motifs is 1. The highest BCUT2D eigenvalue weighted by molar-refractivity contribution is 5.92. The molecule has 12 nitrogen and oxygen atoms in total. The largest absolute Gasteiger partial charge is 0.481 e. The van der Waals surface area contributed by atoms with Crippen molar-refractivity contribution >= 4 is 40.8 Å². The van der Waals surface area contributed by atoms with Crippen LogP contribution in [0.5, 0.6) is 23.0 Å². The first kappa shape index (κ1) is 31.5. The number of hydrogen-bond acceptors (Lipinski definition) is 11. The van der Waals surface area contributed by atoms with Crippen molar-refractivity contribution < 1.29 is 52.4 Å². The zero-order valence-electron chi connectivity index (χ0n) is 23.6. The van der Waals surface area contributed by atoms with Gasteiger partial charge >= 0.3 is 29.8 Å². The van der Waals surface area contributed by atoms with E-state index in [9.17, 15) is 28.8 Å². The van der Waals surface area contributed by atoms with Crippen LogP contribution in [0.15, 0.2) is 39.5 Å². The molecule has 0 aliphatic carbocycles. The first-order valence-corrected chi connectivity index (χ1v) is 13.3. The van der Waals surface area contributed by atoms with Crippen LogP contribution in [0, 0.1) is 0 Å². The van der Waals surface area contributed by atoms with Gasteiger partial charge in [0.2, 0.25) is 11.2 Å². The first-order chi connectivity index (χ1) is 20.0. The van der Waals surface area contributed by atoms with Crippen LogP contribution in [0.1, 0.15) is 65.4 Å². The topological polar surface area (TPSA) is 173 Å². The van der Waals surface area contributed by atoms with Crippen molar-refractivity contribution in [2.75, 3.05) is 0 Å². The van der Waals surface area contributed by atoms with Gasteiger partial charge in [-0.25, -0.2) is 0 Å². The lowest BCUT2D eigenvalue weighted by Gasteiger charge is -2.15. The fourth-order valence-corrected chi connectivity index (χ4v) is 3.68. The molecule has 1 heterocycles. The van der Waals surface area contributed by atoms with Crippen molar-refractivity contribution in [2.45, 2.75) is 66.2 Å². The number of ether oxygens (including phenoxy) is 4. The van der Waals surface area contributed by atoms with E-state index in [2.05, 4.69) is 0 Å². The molecule has 0 atom stereocenters. The highest BCUT2D eigenvalue weighted by Crippen LogP contribution is 2.38. The monoisotopic (exact) mass is 582 g/mol. The molecule has 222 valence electrons. The van der Waals surface area contributed by atoms with Crippen molar-refractivity contribution in [1.29, 1.82) is 0 Å². The number of rotatable bonds is 12. The summed E-state index contributed by atoms with van der Waals surface area (Å²) in [5.74, 6) is -4.77. The lowest BCUT2D eigenvalue weighted by atomic mass is 10.0. The summed E-state index contributed by atoms with van der Waals surface area (Å²) in [6, 6.07) is 6.77. The molecule has 0 fully saturated rings. The Bertz CT molecular complexity index is 1600. The van der Waals surface area contributed by atoms with Crippen LogP contribution in [-0.4, -0.2) is 35.0 Å². The maximum Gasteiger partial charge on any atom is 0.311 e. The summed E-state index contributed by atoms with van der Waals surface area (Å²) in [5, 5.41) is 8.87. The van der Waals surface area contributed by atoms with Gasteiger partial charge in [0.1, 0.15) is 28.2 Å². The normalized spacial score (nSPS) is 10.7. The van der Waals surface area contributed by atoms with Gasteiger partial charge in [-0.15, -0.1) is 0 Å². The van der Waals surface area contributed by atoms with Crippen molar-refractivity contribution in [3.8, 4) is 34.3 Å². The van der Waals surface area contributed by atoms with E-state index in [1.54, 1.807) is 20.8 Å². The number of carbonyl (C=O) groups is 5. The second-order valence-corrected chi connectivity index (χ2v) is 8.91. The smallest absolute Gasteiger partial charge is 0.311 e. The molecule has 0 unspecified atom stereocenters. The quantitative estimate of drug-likeness (QED) is 0.230. The van der Waals surface area contributed by atoms with E-state index in [4.69, 9.17) is 28.5 Å². The maximum absolute atomic E-state index is 13.8. The van der Waals surface area contributed by atoms with E-state index < -0.39 is 41.0 Å². The first-order valence-electron chi connectivity index (χ1n) is 13.3. The van der Waals surface area contributed by atoms with Gasteiger partial charge in [-0.2, -0.15) is 0 Å². The maximum atomic E-state index is 13.8. The van der Waals surface area contributed by atoms with Gasteiger partial charge in [-0.1, -0.05) is 39.8 Å². The second-order valence-electron chi connectivity index (χ2n) is 8.91. The van der Waals surface area contributed by atoms with Crippen molar-refractivity contribution in [3.63, 3.8) is 0 Å². The molecule has 1 N–H and O–H groups in total. The molecule has 2 aromatic carbocycles. The van der Waals surface area contributed by atoms with Gasteiger partial charge in [0.05, 0.1) is 0 Å². The Morgan fingerprint density at radius 3 is 1.90 bits per heavy atom. The molecule has 12 heteroatoms. The fourth-order valence-electron chi connectivity index (χ4n) is 3.68. The molecule has 0 aliphatic heterocycles. The summed E-state index contributed by atoms with van der Waals surface area (Å²) in [6.45, 7) is 6.23. The third kappa shape index (κ3) is 7.59. The Morgan fingerprint density at radius 1 is 0.738 bits per heavy atom.